The summed E-state index contributed by atoms with van der Waals surface area (Å²) in [6.07, 6.45) is 12.4. The van der Waals surface area contributed by atoms with Gasteiger partial charge in [-0.1, -0.05) is 46.0 Å². The van der Waals surface area contributed by atoms with Gasteiger partial charge in [0.1, 0.15) is 0 Å². The molecule has 0 aromatic carbocycles. The number of hydrogen-bond donors (Lipinski definition) is 0. The predicted octanol–water partition coefficient (Wildman–Crippen LogP) is 4.07. The maximum atomic E-state index is 2.65. The van der Waals surface area contributed by atoms with Crippen LogP contribution in [-0.4, -0.2) is 36.2 Å². The van der Waals surface area contributed by atoms with Gasteiger partial charge in [-0.05, 0) is 25.7 Å². The van der Waals surface area contributed by atoms with Crippen LogP contribution in [0.15, 0.2) is 0 Å². The summed E-state index contributed by atoms with van der Waals surface area (Å²) < 4.78 is 0. The van der Waals surface area contributed by atoms with E-state index in [-0.39, 0.29) is 0 Å². The molecule has 1 saturated heterocycles. The van der Waals surface area contributed by atoms with Crippen molar-refractivity contribution in [2.45, 2.75) is 71.6 Å². The van der Waals surface area contributed by atoms with Crippen LogP contribution in [-0.2, 0) is 0 Å². The van der Waals surface area contributed by atoms with Crippen molar-refractivity contribution < 1.29 is 0 Å². The van der Waals surface area contributed by atoms with E-state index in [2.05, 4.69) is 23.9 Å². The average Bonchev–Trinajstić information content (AvgIpc) is 2.56. The van der Waals surface area contributed by atoms with Gasteiger partial charge in [0.15, 0.2) is 0 Å². The second kappa shape index (κ2) is 9.90. The van der Waals surface area contributed by atoms with Crippen molar-refractivity contribution in [3.05, 3.63) is 0 Å². The van der Waals surface area contributed by atoms with E-state index < -0.39 is 0 Å². The Hall–Kier alpha value is -0.0800. The molecule has 1 aliphatic heterocycles. The van der Waals surface area contributed by atoms with E-state index >= 15 is 0 Å². The Morgan fingerprint density at radius 1 is 0.647 bits per heavy atom. The smallest absolute Gasteiger partial charge is 0.0133 e. The van der Waals surface area contributed by atoms with Gasteiger partial charge >= 0.3 is 0 Å². The van der Waals surface area contributed by atoms with Crippen molar-refractivity contribution >= 4 is 0 Å². The number of unbranched alkanes of at least 4 members (excludes halogenated alkanes) is 4. The summed E-state index contributed by atoms with van der Waals surface area (Å²) in [6, 6.07) is 0. The molecular weight excluding hydrogens is 208 g/mol. The number of nitrogens with zero attached hydrogens (tertiary/aromatic N) is 2. The first-order chi connectivity index (χ1) is 8.38. The first-order valence-corrected chi connectivity index (χ1v) is 7.88. The zero-order chi connectivity index (χ0) is 12.3. The molecule has 2 nitrogen and oxygen atoms in total. The summed E-state index contributed by atoms with van der Waals surface area (Å²) in [5.74, 6) is 0. The molecule has 0 saturated carbocycles. The summed E-state index contributed by atoms with van der Waals surface area (Å²) in [4.78, 5) is 0. The Kier molecular flexibility index (Phi) is 8.72. The van der Waals surface area contributed by atoms with Crippen LogP contribution < -0.4 is 0 Å². The van der Waals surface area contributed by atoms with Gasteiger partial charge in [-0.2, -0.15) is 0 Å². The molecule has 0 aromatic rings. The molecule has 0 radical (unpaired) electrons. The third kappa shape index (κ3) is 6.42. The average molecular weight is 240 g/mol. The Bertz CT molecular complexity index is 152. The second-order valence-electron chi connectivity index (χ2n) is 5.38. The van der Waals surface area contributed by atoms with Gasteiger partial charge in [0, 0.05) is 26.2 Å². The standard InChI is InChI=1S/C15H32N2/c1-3-5-8-12-16-14-10-7-11-15-17(16)13-9-6-4-2/h3-15H2,1-2H3. The van der Waals surface area contributed by atoms with Crippen molar-refractivity contribution in [3.8, 4) is 0 Å². The quantitative estimate of drug-likeness (QED) is 0.590. The molecule has 0 bridgehead atoms. The van der Waals surface area contributed by atoms with Gasteiger partial charge in [0.2, 0.25) is 0 Å². The lowest BCUT2D eigenvalue weighted by atomic mass is 10.2. The van der Waals surface area contributed by atoms with E-state index in [9.17, 15) is 0 Å². The molecule has 1 aliphatic rings. The third-order valence-electron chi connectivity index (χ3n) is 3.77. The van der Waals surface area contributed by atoms with Crippen LogP contribution in [0.25, 0.3) is 0 Å². The minimum Gasteiger partial charge on any atom is -0.242 e. The molecule has 0 aliphatic carbocycles. The largest absolute Gasteiger partial charge is 0.242 e. The summed E-state index contributed by atoms with van der Waals surface area (Å²) >= 11 is 0. The van der Waals surface area contributed by atoms with Crippen LogP contribution in [0.1, 0.15) is 71.6 Å². The van der Waals surface area contributed by atoms with Gasteiger partial charge in [-0.25, -0.2) is 10.0 Å². The molecule has 2 heteroatoms. The van der Waals surface area contributed by atoms with E-state index in [0.29, 0.717) is 0 Å². The van der Waals surface area contributed by atoms with Crippen molar-refractivity contribution in [2.24, 2.45) is 0 Å². The fourth-order valence-electron chi connectivity index (χ4n) is 2.64. The Morgan fingerprint density at radius 2 is 1.12 bits per heavy atom. The zero-order valence-electron chi connectivity index (χ0n) is 12.1. The molecule has 0 N–H and O–H groups in total. The van der Waals surface area contributed by atoms with E-state index in [1.54, 1.807) is 0 Å². The fourth-order valence-corrected chi connectivity index (χ4v) is 2.64. The summed E-state index contributed by atoms with van der Waals surface area (Å²) in [5.41, 5.74) is 0. The molecular formula is C15H32N2. The molecule has 0 spiro atoms. The Labute approximate surface area is 108 Å². The van der Waals surface area contributed by atoms with E-state index in [4.69, 9.17) is 0 Å². The maximum absolute atomic E-state index is 2.65. The molecule has 1 rings (SSSR count). The maximum Gasteiger partial charge on any atom is 0.0133 e. The fraction of sp³-hybridized carbons (Fsp3) is 1.00. The summed E-state index contributed by atoms with van der Waals surface area (Å²) in [6.45, 7) is 9.77. The third-order valence-corrected chi connectivity index (χ3v) is 3.77. The lowest BCUT2D eigenvalue weighted by molar-refractivity contribution is -0.0189. The van der Waals surface area contributed by atoms with Crippen LogP contribution in [0.2, 0.25) is 0 Å². The van der Waals surface area contributed by atoms with Crippen LogP contribution in [0, 0.1) is 0 Å². The molecule has 102 valence electrons. The lowest BCUT2D eigenvalue weighted by Crippen LogP contribution is -2.43. The Balaban J connectivity index is 2.30. The van der Waals surface area contributed by atoms with Gasteiger partial charge in [0.25, 0.3) is 0 Å². The first-order valence-electron chi connectivity index (χ1n) is 7.88. The van der Waals surface area contributed by atoms with Gasteiger partial charge in [0.05, 0.1) is 0 Å². The van der Waals surface area contributed by atoms with Crippen LogP contribution in [0.3, 0.4) is 0 Å². The molecule has 17 heavy (non-hydrogen) atoms. The van der Waals surface area contributed by atoms with Crippen molar-refractivity contribution in [3.63, 3.8) is 0 Å². The number of hydrogen-bond acceptors (Lipinski definition) is 2. The molecule has 1 fully saturated rings. The van der Waals surface area contributed by atoms with Crippen molar-refractivity contribution in [1.29, 1.82) is 0 Å². The monoisotopic (exact) mass is 240 g/mol. The summed E-state index contributed by atoms with van der Waals surface area (Å²) in [5, 5.41) is 5.30. The van der Waals surface area contributed by atoms with Crippen LogP contribution >= 0.6 is 0 Å². The highest BCUT2D eigenvalue weighted by Crippen LogP contribution is 2.13. The Morgan fingerprint density at radius 3 is 1.53 bits per heavy atom. The van der Waals surface area contributed by atoms with Gasteiger partial charge in [-0.3, -0.25) is 0 Å². The molecule has 0 unspecified atom stereocenters. The first kappa shape index (κ1) is 15.0. The highest BCUT2D eigenvalue weighted by atomic mass is 15.6. The van der Waals surface area contributed by atoms with E-state index in [0.717, 1.165) is 0 Å². The second-order valence-corrected chi connectivity index (χ2v) is 5.38. The number of hydrazine groups is 1. The molecule has 0 atom stereocenters. The lowest BCUT2D eigenvalue weighted by Gasteiger charge is -2.33. The van der Waals surface area contributed by atoms with Crippen molar-refractivity contribution in [1.82, 2.24) is 10.0 Å². The minimum atomic E-state index is 1.29. The van der Waals surface area contributed by atoms with Crippen molar-refractivity contribution in [2.75, 3.05) is 26.2 Å². The predicted molar refractivity (Wildman–Crippen MR) is 76.0 cm³/mol. The zero-order valence-corrected chi connectivity index (χ0v) is 12.1. The van der Waals surface area contributed by atoms with Crippen LogP contribution in [0.5, 0.6) is 0 Å². The molecule has 0 amide bonds. The minimum absolute atomic E-state index is 1.29. The highest BCUT2D eigenvalue weighted by molar-refractivity contribution is 4.64. The normalized spacial score (nSPS) is 19.4. The SMILES string of the molecule is CCCCCN1CCCCCN1CCCCC. The molecule has 0 aromatic heterocycles. The van der Waals surface area contributed by atoms with E-state index in [1.807, 2.05) is 0 Å². The highest BCUT2D eigenvalue weighted by Gasteiger charge is 2.16. The van der Waals surface area contributed by atoms with Gasteiger partial charge < -0.3 is 0 Å². The summed E-state index contributed by atoms with van der Waals surface area (Å²) in [7, 11) is 0. The topological polar surface area (TPSA) is 6.48 Å². The van der Waals surface area contributed by atoms with Gasteiger partial charge in [-0.15, -0.1) is 0 Å². The molecule has 1 heterocycles. The van der Waals surface area contributed by atoms with E-state index in [1.165, 1.54) is 84.0 Å². The van der Waals surface area contributed by atoms with Crippen LogP contribution in [0.4, 0.5) is 0 Å². The number of rotatable bonds is 8.